The minimum Gasteiger partial charge on any atom is -0.434 e. The zero-order valence-corrected chi connectivity index (χ0v) is 16.5. The third-order valence-electron chi connectivity index (χ3n) is 4.70. The summed E-state index contributed by atoms with van der Waals surface area (Å²) in [5.74, 6) is 0.546. The topological polar surface area (TPSA) is 44.1 Å². The summed E-state index contributed by atoms with van der Waals surface area (Å²) in [4.78, 5) is 16.8. The summed E-state index contributed by atoms with van der Waals surface area (Å²) in [6, 6.07) is 9.59. The molecule has 0 fully saturated rings. The molecule has 0 saturated carbocycles. The molecule has 0 unspecified atom stereocenters. The SMILES string of the molecule is CC(=O)c1cccc(OC(F)F)c1[C@H]1C[C@H](Br)c2nc3ccc(Cl)cc3n21. The van der Waals surface area contributed by atoms with E-state index in [0.29, 0.717) is 22.6 Å². The number of carbonyl (C=O) groups excluding carboxylic acids is 1. The van der Waals surface area contributed by atoms with Gasteiger partial charge in [0.2, 0.25) is 0 Å². The van der Waals surface area contributed by atoms with Gasteiger partial charge in [-0.15, -0.1) is 0 Å². The third-order valence-corrected chi connectivity index (χ3v) is 5.71. The maximum absolute atomic E-state index is 13.0. The van der Waals surface area contributed by atoms with E-state index >= 15 is 0 Å². The molecule has 4 nitrogen and oxygen atoms in total. The van der Waals surface area contributed by atoms with Gasteiger partial charge in [-0.05, 0) is 37.6 Å². The van der Waals surface area contributed by atoms with Crippen LogP contribution in [0.1, 0.15) is 46.0 Å². The highest BCUT2D eigenvalue weighted by atomic mass is 79.9. The number of Topliss-reactive ketones (excluding diaryl/α,β-unsaturated/α-hetero) is 1. The Bertz CT molecular complexity index is 1050. The molecular formula is C19H14BrClF2N2O2. The zero-order chi connectivity index (χ0) is 19.3. The maximum Gasteiger partial charge on any atom is 0.387 e. The molecule has 0 bridgehead atoms. The molecule has 27 heavy (non-hydrogen) atoms. The average Bonchev–Trinajstić information content (AvgIpc) is 3.12. The van der Waals surface area contributed by atoms with Crippen molar-refractivity contribution in [2.24, 2.45) is 0 Å². The number of ether oxygens (including phenoxy) is 1. The monoisotopic (exact) mass is 454 g/mol. The summed E-state index contributed by atoms with van der Waals surface area (Å²) in [5, 5.41) is 0.547. The Labute approximate surface area is 167 Å². The smallest absolute Gasteiger partial charge is 0.387 e. The van der Waals surface area contributed by atoms with Gasteiger partial charge >= 0.3 is 6.61 Å². The van der Waals surface area contributed by atoms with Crippen LogP contribution in [0, 0.1) is 0 Å². The Morgan fingerprint density at radius 3 is 2.85 bits per heavy atom. The van der Waals surface area contributed by atoms with E-state index in [0.717, 1.165) is 16.9 Å². The van der Waals surface area contributed by atoms with Gasteiger partial charge in [0.25, 0.3) is 0 Å². The van der Waals surface area contributed by atoms with Crippen LogP contribution in [-0.2, 0) is 0 Å². The van der Waals surface area contributed by atoms with E-state index in [-0.39, 0.29) is 22.4 Å². The van der Waals surface area contributed by atoms with Crippen LogP contribution in [0.25, 0.3) is 11.0 Å². The second-order valence-electron chi connectivity index (χ2n) is 6.34. The molecular weight excluding hydrogens is 442 g/mol. The van der Waals surface area contributed by atoms with Crippen LogP contribution in [-0.4, -0.2) is 21.9 Å². The average molecular weight is 456 g/mol. The lowest BCUT2D eigenvalue weighted by Crippen LogP contribution is -2.14. The molecule has 0 spiro atoms. The highest BCUT2D eigenvalue weighted by molar-refractivity contribution is 9.09. The molecule has 2 heterocycles. The van der Waals surface area contributed by atoms with Gasteiger partial charge in [-0.2, -0.15) is 8.78 Å². The molecule has 1 aliphatic heterocycles. The van der Waals surface area contributed by atoms with Gasteiger partial charge in [0.1, 0.15) is 11.6 Å². The number of aromatic nitrogens is 2. The largest absolute Gasteiger partial charge is 0.434 e. The molecule has 140 valence electrons. The van der Waals surface area contributed by atoms with Crippen LogP contribution >= 0.6 is 27.5 Å². The van der Waals surface area contributed by atoms with Crippen molar-refractivity contribution in [2.75, 3.05) is 0 Å². The van der Waals surface area contributed by atoms with Crippen molar-refractivity contribution in [3.63, 3.8) is 0 Å². The predicted molar refractivity (Wildman–Crippen MR) is 102 cm³/mol. The number of benzene rings is 2. The van der Waals surface area contributed by atoms with Crippen molar-refractivity contribution < 1.29 is 18.3 Å². The van der Waals surface area contributed by atoms with E-state index in [2.05, 4.69) is 20.9 Å². The first-order chi connectivity index (χ1) is 12.9. The highest BCUT2D eigenvalue weighted by Crippen LogP contribution is 2.48. The first kappa shape index (κ1) is 18.4. The second-order valence-corrected chi connectivity index (χ2v) is 7.89. The molecule has 0 saturated heterocycles. The molecule has 0 N–H and O–H groups in total. The fraction of sp³-hybridized carbons (Fsp3) is 0.263. The minimum absolute atomic E-state index is 0.000807. The predicted octanol–water partition coefficient (Wildman–Crippen LogP) is 5.92. The maximum atomic E-state index is 13.0. The number of nitrogens with zero attached hydrogens (tertiary/aromatic N) is 2. The number of alkyl halides is 3. The molecule has 3 aromatic rings. The Kier molecular flexibility index (Phi) is 4.68. The van der Waals surface area contributed by atoms with Gasteiger partial charge in [-0.3, -0.25) is 4.79 Å². The molecule has 1 aliphatic rings. The Balaban J connectivity index is 1.97. The lowest BCUT2D eigenvalue weighted by molar-refractivity contribution is -0.0507. The summed E-state index contributed by atoms with van der Waals surface area (Å²) in [5.41, 5.74) is 2.33. The number of hydrogen-bond donors (Lipinski definition) is 0. The standard InChI is InChI=1S/C19H14BrClF2N2O2/c1-9(26)11-3-2-4-16(27-19(22)23)17(11)15-8-12(20)18-24-13-6-5-10(21)7-14(13)25(15)18/h2-7,12,15,19H,8H2,1H3/t12-,15+/m0/s1. The normalized spacial score (nSPS) is 18.9. The van der Waals surface area contributed by atoms with Crippen LogP contribution in [0.2, 0.25) is 5.02 Å². The van der Waals surface area contributed by atoms with Gasteiger partial charge in [0, 0.05) is 16.1 Å². The molecule has 0 aliphatic carbocycles. The van der Waals surface area contributed by atoms with Crippen LogP contribution < -0.4 is 4.74 Å². The summed E-state index contributed by atoms with van der Waals surface area (Å²) < 4.78 is 32.7. The fourth-order valence-electron chi connectivity index (χ4n) is 3.68. The van der Waals surface area contributed by atoms with Crippen LogP contribution in [0.3, 0.4) is 0 Å². The fourth-order valence-corrected chi connectivity index (χ4v) is 4.52. The van der Waals surface area contributed by atoms with Gasteiger partial charge in [0.05, 0.1) is 21.9 Å². The van der Waals surface area contributed by atoms with E-state index in [9.17, 15) is 13.6 Å². The molecule has 0 amide bonds. The van der Waals surface area contributed by atoms with Crippen molar-refractivity contribution in [1.82, 2.24) is 9.55 Å². The zero-order valence-electron chi connectivity index (χ0n) is 14.1. The third kappa shape index (κ3) is 3.12. The molecule has 1 aromatic heterocycles. The quantitative estimate of drug-likeness (QED) is 0.362. The molecule has 2 aromatic carbocycles. The van der Waals surface area contributed by atoms with Gasteiger partial charge < -0.3 is 9.30 Å². The van der Waals surface area contributed by atoms with E-state index in [1.165, 1.54) is 13.0 Å². The molecule has 0 radical (unpaired) electrons. The van der Waals surface area contributed by atoms with Crippen molar-refractivity contribution in [3.8, 4) is 5.75 Å². The minimum atomic E-state index is -2.99. The first-order valence-electron chi connectivity index (χ1n) is 8.27. The number of carbonyl (C=O) groups is 1. The Morgan fingerprint density at radius 2 is 2.15 bits per heavy atom. The van der Waals surface area contributed by atoms with E-state index in [1.54, 1.807) is 24.3 Å². The van der Waals surface area contributed by atoms with Crippen LogP contribution in [0.15, 0.2) is 36.4 Å². The lowest BCUT2D eigenvalue weighted by atomic mass is 9.95. The summed E-state index contributed by atoms with van der Waals surface area (Å²) >= 11 is 9.78. The van der Waals surface area contributed by atoms with Gasteiger partial charge in [0.15, 0.2) is 5.78 Å². The summed E-state index contributed by atoms with van der Waals surface area (Å²) in [6.07, 6.45) is 0.550. The number of imidazole rings is 1. The van der Waals surface area contributed by atoms with Gasteiger partial charge in [-0.25, -0.2) is 4.98 Å². The van der Waals surface area contributed by atoms with E-state index in [4.69, 9.17) is 16.3 Å². The first-order valence-corrected chi connectivity index (χ1v) is 9.56. The number of fused-ring (bicyclic) bond motifs is 3. The number of hydrogen-bond acceptors (Lipinski definition) is 3. The number of halogens is 4. The van der Waals surface area contributed by atoms with Crippen molar-refractivity contribution in [2.45, 2.75) is 30.8 Å². The van der Waals surface area contributed by atoms with Crippen molar-refractivity contribution >= 4 is 44.3 Å². The van der Waals surface area contributed by atoms with Crippen molar-refractivity contribution in [1.29, 1.82) is 0 Å². The Morgan fingerprint density at radius 1 is 1.37 bits per heavy atom. The number of rotatable bonds is 4. The molecule has 8 heteroatoms. The molecule has 2 atom stereocenters. The number of ketones is 1. The Hall–Kier alpha value is -1.99. The van der Waals surface area contributed by atoms with Crippen LogP contribution in [0.5, 0.6) is 5.75 Å². The molecule has 4 rings (SSSR count). The lowest BCUT2D eigenvalue weighted by Gasteiger charge is -2.21. The highest BCUT2D eigenvalue weighted by Gasteiger charge is 2.37. The van der Waals surface area contributed by atoms with E-state index < -0.39 is 6.61 Å². The summed E-state index contributed by atoms with van der Waals surface area (Å²) in [6.45, 7) is -1.57. The van der Waals surface area contributed by atoms with E-state index in [1.807, 2.05) is 10.6 Å². The van der Waals surface area contributed by atoms with Gasteiger partial charge in [-0.1, -0.05) is 39.7 Å². The van der Waals surface area contributed by atoms with Crippen molar-refractivity contribution in [3.05, 3.63) is 58.4 Å². The second kappa shape index (κ2) is 6.87. The summed E-state index contributed by atoms with van der Waals surface area (Å²) in [7, 11) is 0. The van der Waals surface area contributed by atoms with Crippen LogP contribution in [0.4, 0.5) is 8.78 Å².